The topological polar surface area (TPSA) is 85.9 Å². The summed E-state index contributed by atoms with van der Waals surface area (Å²) in [5.41, 5.74) is 1.34. The van der Waals surface area contributed by atoms with Crippen molar-refractivity contribution in [1.29, 1.82) is 0 Å². The van der Waals surface area contributed by atoms with E-state index >= 15 is 0 Å². The fraction of sp³-hybridized carbons (Fsp3) is 0.222. The van der Waals surface area contributed by atoms with Crippen molar-refractivity contribution in [1.82, 2.24) is 0 Å². The highest BCUT2D eigenvalue weighted by Gasteiger charge is 2.15. The Morgan fingerprint density at radius 2 is 1.32 bits per heavy atom. The maximum atomic E-state index is 12.6. The zero-order valence-electron chi connectivity index (χ0n) is 14.5. The zero-order chi connectivity index (χ0) is 18.4. The van der Waals surface area contributed by atoms with Crippen LogP contribution >= 0.6 is 0 Å². The monoisotopic (exact) mass is 344 g/mol. The van der Waals surface area contributed by atoms with Crippen LogP contribution < -0.4 is 24.8 Å². The summed E-state index contributed by atoms with van der Waals surface area (Å²) in [5, 5.41) is 5.41. The summed E-state index contributed by atoms with van der Waals surface area (Å²) in [6.07, 6.45) is 0. The van der Waals surface area contributed by atoms with Gasteiger partial charge in [-0.25, -0.2) is 0 Å². The molecule has 0 aliphatic heterocycles. The Bertz CT molecular complexity index is 789. The number of hydrogen-bond donors (Lipinski definition) is 2. The number of methoxy groups -OCH3 is 3. The van der Waals surface area contributed by atoms with Crippen LogP contribution in [0.5, 0.6) is 17.2 Å². The maximum Gasteiger partial charge on any atom is 0.259 e. The molecule has 2 N–H and O–H groups in total. The van der Waals surface area contributed by atoms with Crippen LogP contribution in [0.3, 0.4) is 0 Å². The first-order valence-corrected chi connectivity index (χ1v) is 7.47. The van der Waals surface area contributed by atoms with Crippen LogP contribution in [-0.4, -0.2) is 33.1 Å². The molecule has 0 atom stereocenters. The van der Waals surface area contributed by atoms with Crippen molar-refractivity contribution in [2.75, 3.05) is 32.0 Å². The first-order chi connectivity index (χ1) is 12.0. The molecule has 7 heteroatoms. The maximum absolute atomic E-state index is 12.6. The molecule has 0 fully saturated rings. The molecule has 0 aliphatic carbocycles. The number of hydrogen-bond acceptors (Lipinski definition) is 5. The van der Waals surface area contributed by atoms with Crippen molar-refractivity contribution in [3.05, 3.63) is 42.0 Å². The molecule has 0 saturated carbocycles. The van der Waals surface area contributed by atoms with Gasteiger partial charge in [0.2, 0.25) is 5.91 Å². The van der Waals surface area contributed by atoms with Crippen LogP contribution in [0.2, 0.25) is 0 Å². The number of rotatable bonds is 6. The highest BCUT2D eigenvalue weighted by atomic mass is 16.5. The normalized spacial score (nSPS) is 9.92. The Kier molecular flexibility index (Phi) is 5.84. The smallest absolute Gasteiger partial charge is 0.259 e. The lowest BCUT2D eigenvalue weighted by atomic mass is 10.1. The van der Waals surface area contributed by atoms with Gasteiger partial charge in [-0.2, -0.15) is 0 Å². The molecule has 25 heavy (non-hydrogen) atoms. The van der Waals surface area contributed by atoms with Gasteiger partial charge < -0.3 is 24.8 Å². The third-order valence-corrected chi connectivity index (χ3v) is 3.41. The predicted octanol–water partition coefficient (Wildman–Crippen LogP) is 2.92. The van der Waals surface area contributed by atoms with Gasteiger partial charge >= 0.3 is 0 Å². The van der Waals surface area contributed by atoms with Crippen LogP contribution in [0.1, 0.15) is 17.3 Å². The molecule has 7 nitrogen and oxygen atoms in total. The lowest BCUT2D eigenvalue weighted by Crippen LogP contribution is -2.14. The minimum absolute atomic E-state index is 0.226. The molecule has 2 rings (SSSR count). The molecule has 0 saturated heterocycles. The summed E-state index contributed by atoms with van der Waals surface area (Å²) in [4.78, 5) is 23.8. The van der Waals surface area contributed by atoms with Gasteiger partial charge in [0.05, 0.1) is 26.9 Å². The number of ether oxygens (including phenoxy) is 3. The van der Waals surface area contributed by atoms with Gasteiger partial charge in [-0.3, -0.25) is 9.59 Å². The van der Waals surface area contributed by atoms with E-state index in [1.165, 1.54) is 28.3 Å². The van der Waals surface area contributed by atoms with Crippen LogP contribution in [0, 0.1) is 0 Å². The van der Waals surface area contributed by atoms with E-state index in [4.69, 9.17) is 14.2 Å². The fourth-order valence-electron chi connectivity index (χ4n) is 2.28. The largest absolute Gasteiger partial charge is 0.496 e. The van der Waals surface area contributed by atoms with Gasteiger partial charge in [-0.1, -0.05) is 0 Å². The third-order valence-electron chi connectivity index (χ3n) is 3.41. The molecule has 0 spiro atoms. The molecular weight excluding hydrogens is 324 g/mol. The molecule has 0 heterocycles. The van der Waals surface area contributed by atoms with E-state index in [-0.39, 0.29) is 11.8 Å². The van der Waals surface area contributed by atoms with Crippen molar-refractivity contribution < 1.29 is 23.8 Å². The number of amides is 2. The van der Waals surface area contributed by atoms with E-state index in [2.05, 4.69) is 10.6 Å². The molecule has 0 bridgehead atoms. The highest BCUT2D eigenvalue weighted by Crippen LogP contribution is 2.30. The van der Waals surface area contributed by atoms with E-state index in [0.717, 1.165) is 0 Å². The van der Waals surface area contributed by atoms with Gasteiger partial charge in [-0.05, 0) is 30.3 Å². The quantitative estimate of drug-likeness (QED) is 0.841. The first-order valence-electron chi connectivity index (χ1n) is 7.47. The first kappa shape index (κ1) is 18.1. The number of carbonyl (C=O) groups is 2. The Hall–Kier alpha value is -3.22. The van der Waals surface area contributed by atoms with Crippen LogP contribution in [0.4, 0.5) is 11.4 Å². The van der Waals surface area contributed by atoms with Gasteiger partial charge in [0, 0.05) is 24.4 Å². The molecule has 0 aliphatic rings. The number of nitrogens with one attached hydrogen (secondary N) is 2. The lowest BCUT2D eigenvalue weighted by molar-refractivity contribution is -0.114. The summed E-state index contributed by atoms with van der Waals surface area (Å²) in [6, 6.07) is 9.88. The Balaban J connectivity index is 2.29. The average Bonchev–Trinajstić information content (AvgIpc) is 2.60. The van der Waals surface area contributed by atoms with Crippen molar-refractivity contribution in [2.45, 2.75) is 6.92 Å². The van der Waals surface area contributed by atoms with Gasteiger partial charge in [0.25, 0.3) is 5.91 Å². The van der Waals surface area contributed by atoms with E-state index in [0.29, 0.717) is 34.2 Å². The van der Waals surface area contributed by atoms with E-state index < -0.39 is 0 Å². The number of anilines is 2. The van der Waals surface area contributed by atoms with E-state index in [1.54, 1.807) is 36.4 Å². The highest BCUT2D eigenvalue weighted by molar-refractivity contribution is 6.07. The Morgan fingerprint density at radius 1 is 0.760 bits per heavy atom. The summed E-state index contributed by atoms with van der Waals surface area (Å²) >= 11 is 0. The van der Waals surface area contributed by atoms with Crippen molar-refractivity contribution >= 4 is 23.2 Å². The van der Waals surface area contributed by atoms with Gasteiger partial charge in [-0.15, -0.1) is 0 Å². The molecule has 0 unspecified atom stereocenters. The van der Waals surface area contributed by atoms with Crippen molar-refractivity contribution in [3.63, 3.8) is 0 Å². The number of carbonyl (C=O) groups excluding carboxylic acids is 2. The summed E-state index contributed by atoms with van der Waals surface area (Å²) in [5.74, 6) is 0.852. The van der Waals surface area contributed by atoms with Crippen LogP contribution in [-0.2, 0) is 4.79 Å². The molecule has 0 radical (unpaired) electrons. The lowest BCUT2D eigenvalue weighted by Gasteiger charge is -2.13. The van der Waals surface area contributed by atoms with Crippen LogP contribution in [0.15, 0.2) is 36.4 Å². The van der Waals surface area contributed by atoms with Gasteiger partial charge in [0.1, 0.15) is 5.75 Å². The predicted molar refractivity (Wildman–Crippen MR) is 94.8 cm³/mol. The van der Waals surface area contributed by atoms with E-state index in [1.807, 2.05) is 0 Å². The average molecular weight is 344 g/mol. The van der Waals surface area contributed by atoms with Crippen molar-refractivity contribution in [3.8, 4) is 17.2 Å². The molecule has 2 amide bonds. The van der Waals surface area contributed by atoms with Crippen LogP contribution in [0.25, 0.3) is 0 Å². The Labute approximate surface area is 145 Å². The molecule has 132 valence electrons. The SMILES string of the molecule is COc1ccc(NC(=O)c2cc(NC(C)=O)ccc2OC)cc1OC. The van der Waals surface area contributed by atoms with Gasteiger partial charge in [0.15, 0.2) is 11.5 Å². The minimum atomic E-state index is -0.378. The third kappa shape index (κ3) is 4.41. The summed E-state index contributed by atoms with van der Waals surface area (Å²) < 4.78 is 15.6. The minimum Gasteiger partial charge on any atom is -0.496 e. The second kappa shape index (κ2) is 8.05. The molecule has 2 aromatic carbocycles. The summed E-state index contributed by atoms with van der Waals surface area (Å²) in [6.45, 7) is 1.40. The number of benzene rings is 2. The standard InChI is InChI=1S/C18H20N2O5/c1-11(21)19-12-5-7-15(23-2)14(9-12)18(22)20-13-6-8-16(24-3)17(10-13)25-4/h5-10H,1-4H3,(H,19,21)(H,20,22). The molecular formula is C18H20N2O5. The molecule has 2 aromatic rings. The second-order valence-corrected chi connectivity index (χ2v) is 5.12. The van der Waals surface area contributed by atoms with E-state index in [9.17, 15) is 9.59 Å². The zero-order valence-corrected chi connectivity index (χ0v) is 14.5. The Morgan fingerprint density at radius 3 is 1.88 bits per heavy atom. The second-order valence-electron chi connectivity index (χ2n) is 5.12. The summed E-state index contributed by atoms with van der Waals surface area (Å²) in [7, 11) is 4.53. The molecule has 0 aromatic heterocycles. The fourth-order valence-corrected chi connectivity index (χ4v) is 2.28. The van der Waals surface area contributed by atoms with Crippen molar-refractivity contribution in [2.24, 2.45) is 0 Å².